The van der Waals surface area contributed by atoms with Gasteiger partial charge in [-0.1, -0.05) is 35.4 Å². The fourth-order valence-electron chi connectivity index (χ4n) is 3.48. The van der Waals surface area contributed by atoms with Crippen LogP contribution in [0.25, 0.3) is 16.7 Å². The van der Waals surface area contributed by atoms with Crippen molar-refractivity contribution in [3.8, 4) is 5.75 Å². The largest absolute Gasteiger partial charge is 0.507 e. The van der Waals surface area contributed by atoms with Crippen molar-refractivity contribution in [2.45, 2.75) is 27.3 Å². The number of ketones is 1. The van der Waals surface area contributed by atoms with Crippen LogP contribution in [0.4, 0.5) is 0 Å². The number of rotatable bonds is 6. The lowest BCUT2D eigenvalue weighted by Gasteiger charge is -2.08. The van der Waals surface area contributed by atoms with E-state index in [0.717, 1.165) is 22.8 Å². The summed E-state index contributed by atoms with van der Waals surface area (Å²) in [5.41, 5.74) is 4.31. The van der Waals surface area contributed by atoms with Gasteiger partial charge in [-0.25, -0.2) is 4.79 Å². The lowest BCUT2D eigenvalue weighted by atomic mass is 10.1. The third-order valence-corrected chi connectivity index (χ3v) is 4.54. The van der Waals surface area contributed by atoms with E-state index < -0.39 is 17.5 Å². The lowest BCUT2D eigenvalue weighted by molar-refractivity contribution is -0.151. The highest BCUT2D eigenvalue weighted by Crippen LogP contribution is 2.33. The molecule has 0 atom stereocenters. The molecule has 1 heterocycles. The van der Waals surface area contributed by atoms with E-state index in [1.54, 1.807) is 19.2 Å². The second kappa shape index (κ2) is 8.22. The number of aliphatic hydroxyl groups is 1. The number of benzene rings is 2. The Morgan fingerprint density at radius 1 is 1.14 bits per heavy atom. The molecule has 0 aliphatic carbocycles. The lowest BCUT2D eigenvalue weighted by Crippen LogP contribution is -2.15. The smallest absolute Gasteiger partial charge is 0.379 e. The van der Waals surface area contributed by atoms with Crippen LogP contribution in [0.15, 0.2) is 48.7 Å². The van der Waals surface area contributed by atoms with Gasteiger partial charge in [-0.3, -0.25) is 4.79 Å². The first-order valence-corrected chi connectivity index (χ1v) is 9.30. The summed E-state index contributed by atoms with van der Waals surface area (Å²) in [6.45, 7) is 6.22. The maximum Gasteiger partial charge on any atom is 0.379 e. The van der Waals surface area contributed by atoms with Gasteiger partial charge in [0.1, 0.15) is 11.5 Å². The predicted octanol–water partition coefficient (Wildman–Crippen LogP) is 4.04. The number of aryl methyl sites for hydroxylation is 2. The van der Waals surface area contributed by atoms with Crippen LogP contribution in [0.2, 0.25) is 0 Å². The molecule has 2 aromatic carbocycles. The first-order chi connectivity index (χ1) is 13.8. The van der Waals surface area contributed by atoms with Gasteiger partial charge in [-0.15, -0.1) is 0 Å². The van der Waals surface area contributed by atoms with Gasteiger partial charge in [-0.05, 0) is 38.5 Å². The van der Waals surface area contributed by atoms with Crippen LogP contribution < -0.4 is 0 Å². The molecule has 1 aromatic heterocycles. The Balaban J connectivity index is 2.07. The van der Waals surface area contributed by atoms with Gasteiger partial charge >= 0.3 is 5.97 Å². The molecular weight excluding hydrogens is 370 g/mol. The number of phenols is 1. The van der Waals surface area contributed by atoms with Crippen LogP contribution in [-0.2, 0) is 20.9 Å². The highest BCUT2D eigenvalue weighted by Gasteiger charge is 2.19. The van der Waals surface area contributed by atoms with E-state index in [2.05, 4.69) is 22.9 Å². The molecule has 0 aliphatic rings. The number of aromatic nitrogens is 1. The minimum absolute atomic E-state index is 0.0276. The summed E-state index contributed by atoms with van der Waals surface area (Å²) in [5.74, 6) is -2.44. The van der Waals surface area contributed by atoms with Crippen LogP contribution in [-0.4, -0.2) is 33.1 Å². The number of esters is 1. The van der Waals surface area contributed by atoms with Crippen molar-refractivity contribution < 1.29 is 24.5 Å². The molecule has 0 amide bonds. The average Bonchev–Trinajstić information content (AvgIpc) is 3.01. The fourth-order valence-corrected chi connectivity index (χ4v) is 3.48. The van der Waals surface area contributed by atoms with E-state index >= 15 is 0 Å². The van der Waals surface area contributed by atoms with Crippen LogP contribution >= 0.6 is 0 Å². The Labute approximate surface area is 168 Å². The number of phenolic OH excluding ortho intramolecular Hbond substituents is 1. The summed E-state index contributed by atoms with van der Waals surface area (Å²) in [6.07, 6.45) is 2.48. The van der Waals surface area contributed by atoms with Crippen molar-refractivity contribution in [2.24, 2.45) is 0 Å². The molecule has 0 spiro atoms. The van der Waals surface area contributed by atoms with Crippen molar-refractivity contribution >= 4 is 28.4 Å². The second-order valence-electron chi connectivity index (χ2n) is 6.95. The van der Waals surface area contributed by atoms with Crippen molar-refractivity contribution in [3.63, 3.8) is 0 Å². The zero-order valence-corrected chi connectivity index (χ0v) is 16.6. The maximum absolute atomic E-state index is 11.9. The number of fused-ring (bicyclic) bond motifs is 1. The standard InChI is InChI=1S/C23H23NO5/c1-4-29-23(28)21(27)11-20(26)17-13-24(18-6-5-7-19(25)22(17)18)12-16-9-14(2)8-15(3)10-16/h5-11,13,25-26H,4,12H2,1-3H3. The van der Waals surface area contributed by atoms with Gasteiger partial charge in [0, 0.05) is 24.4 Å². The Kier molecular flexibility index (Phi) is 5.73. The van der Waals surface area contributed by atoms with Crippen molar-refractivity contribution in [1.82, 2.24) is 4.57 Å². The number of nitrogens with zero attached hydrogens (tertiary/aromatic N) is 1. The minimum atomic E-state index is -1.04. The van der Waals surface area contributed by atoms with Gasteiger partial charge in [0.15, 0.2) is 0 Å². The Morgan fingerprint density at radius 2 is 1.83 bits per heavy atom. The molecule has 0 bridgehead atoms. The number of hydrogen-bond donors (Lipinski definition) is 2. The molecule has 0 radical (unpaired) electrons. The average molecular weight is 393 g/mol. The summed E-state index contributed by atoms with van der Waals surface area (Å²) in [4.78, 5) is 23.5. The molecule has 2 N–H and O–H groups in total. The molecule has 6 nitrogen and oxygen atoms in total. The van der Waals surface area contributed by atoms with E-state index in [-0.39, 0.29) is 17.9 Å². The highest BCUT2D eigenvalue weighted by molar-refractivity contribution is 6.39. The first-order valence-electron chi connectivity index (χ1n) is 9.30. The number of hydrogen-bond acceptors (Lipinski definition) is 5. The summed E-state index contributed by atoms with van der Waals surface area (Å²) < 4.78 is 6.55. The van der Waals surface area contributed by atoms with E-state index in [0.29, 0.717) is 17.4 Å². The topological polar surface area (TPSA) is 88.8 Å². The van der Waals surface area contributed by atoms with Crippen molar-refractivity contribution in [3.05, 3.63) is 70.9 Å². The Bertz CT molecular complexity index is 1100. The van der Waals surface area contributed by atoms with Crippen molar-refractivity contribution in [2.75, 3.05) is 6.61 Å². The molecule has 150 valence electrons. The molecule has 0 aliphatic heterocycles. The number of aromatic hydroxyl groups is 1. The fraction of sp³-hybridized carbons (Fsp3) is 0.217. The quantitative estimate of drug-likeness (QED) is 0.286. The molecule has 0 unspecified atom stereocenters. The number of carbonyl (C=O) groups excluding carboxylic acids is 2. The summed E-state index contributed by atoms with van der Waals surface area (Å²) in [6, 6.07) is 11.3. The SMILES string of the molecule is CCOC(=O)C(=O)C=C(O)c1cn(Cc2cc(C)cc(C)c2)c2cccc(O)c12. The van der Waals surface area contributed by atoms with E-state index in [1.807, 2.05) is 24.5 Å². The number of carbonyl (C=O) groups is 2. The van der Waals surface area contributed by atoms with E-state index in [9.17, 15) is 19.8 Å². The summed E-state index contributed by atoms with van der Waals surface area (Å²) >= 11 is 0. The normalized spacial score (nSPS) is 11.6. The van der Waals surface area contributed by atoms with Gasteiger partial charge < -0.3 is 19.5 Å². The molecule has 6 heteroatoms. The third kappa shape index (κ3) is 4.32. The molecule has 0 saturated heterocycles. The van der Waals surface area contributed by atoms with Gasteiger partial charge in [0.05, 0.1) is 17.5 Å². The number of ether oxygens (including phenoxy) is 1. The predicted molar refractivity (Wildman–Crippen MR) is 111 cm³/mol. The van der Waals surface area contributed by atoms with Gasteiger partial charge in [-0.2, -0.15) is 0 Å². The highest BCUT2D eigenvalue weighted by atomic mass is 16.5. The maximum atomic E-state index is 11.9. The summed E-state index contributed by atoms with van der Waals surface area (Å²) in [7, 11) is 0. The molecule has 29 heavy (non-hydrogen) atoms. The molecule has 3 aromatic rings. The van der Waals surface area contributed by atoms with Gasteiger partial charge in [0.2, 0.25) is 0 Å². The minimum Gasteiger partial charge on any atom is -0.507 e. The van der Waals surface area contributed by atoms with Crippen LogP contribution in [0.5, 0.6) is 5.75 Å². The third-order valence-electron chi connectivity index (χ3n) is 4.54. The zero-order chi connectivity index (χ0) is 21.1. The molecule has 3 rings (SSSR count). The number of aliphatic hydroxyl groups excluding tert-OH is 1. The molecule has 0 fully saturated rings. The second-order valence-corrected chi connectivity index (χ2v) is 6.95. The zero-order valence-electron chi connectivity index (χ0n) is 16.6. The van der Waals surface area contributed by atoms with E-state index in [4.69, 9.17) is 0 Å². The monoisotopic (exact) mass is 393 g/mol. The van der Waals surface area contributed by atoms with Crippen LogP contribution in [0.1, 0.15) is 29.2 Å². The first kappa shape index (κ1) is 20.2. The molecular formula is C23H23NO5. The Morgan fingerprint density at radius 3 is 2.48 bits per heavy atom. The Hall–Kier alpha value is -3.54. The molecule has 0 saturated carbocycles. The van der Waals surface area contributed by atoms with Crippen LogP contribution in [0, 0.1) is 13.8 Å². The van der Waals surface area contributed by atoms with Crippen LogP contribution in [0.3, 0.4) is 0 Å². The van der Waals surface area contributed by atoms with Gasteiger partial charge in [0.25, 0.3) is 5.78 Å². The van der Waals surface area contributed by atoms with Crippen molar-refractivity contribution in [1.29, 1.82) is 0 Å². The van der Waals surface area contributed by atoms with E-state index in [1.165, 1.54) is 6.07 Å². The summed E-state index contributed by atoms with van der Waals surface area (Å²) in [5, 5.41) is 21.3.